The van der Waals surface area contributed by atoms with Crippen molar-refractivity contribution in [3.05, 3.63) is 77.8 Å². The lowest BCUT2D eigenvalue weighted by molar-refractivity contribution is 0.438. The number of hydrogen-bond acceptors (Lipinski definition) is 1. The summed E-state index contributed by atoms with van der Waals surface area (Å²) in [6, 6.07) is 7.47. The van der Waals surface area contributed by atoms with Crippen molar-refractivity contribution in [2.75, 3.05) is 0 Å². The molecule has 0 saturated carbocycles. The van der Waals surface area contributed by atoms with Gasteiger partial charge in [-0.2, -0.15) is 0 Å². The molecule has 0 N–H and O–H groups in total. The van der Waals surface area contributed by atoms with Crippen LogP contribution in [0.3, 0.4) is 0 Å². The van der Waals surface area contributed by atoms with Crippen LogP contribution < -0.4 is 4.74 Å². The van der Waals surface area contributed by atoms with Crippen molar-refractivity contribution in [3.63, 3.8) is 0 Å². The summed E-state index contributed by atoms with van der Waals surface area (Å²) in [5.41, 5.74) is 2.79. The first-order valence-corrected chi connectivity index (χ1v) is 13.6. The third-order valence-electron chi connectivity index (χ3n) is 6.80. The van der Waals surface area contributed by atoms with E-state index in [2.05, 4.69) is 63.4 Å². The van der Waals surface area contributed by atoms with Crippen molar-refractivity contribution < 1.29 is 13.5 Å². The molecule has 0 bridgehead atoms. The van der Waals surface area contributed by atoms with Gasteiger partial charge in [0.1, 0.15) is 11.6 Å². The SMILES string of the molecule is [C-]#[N+]c1cc(Oc2c(F)cc3c(ccn3[Si](C(C)C)(C(C)C)C(C)C)c2CC=C)ccc1F. The Kier molecular flexibility index (Phi) is 7.13. The Bertz CT molecular complexity index is 1200. The number of ether oxygens (including phenoxy) is 1. The summed E-state index contributed by atoms with van der Waals surface area (Å²) in [6.07, 6.45) is 4.26. The van der Waals surface area contributed by atoms with Gasteiger partial charge in [-0.3, -0.25) is 0 Å². The van der Waals surface area contributed by atoms with Crippen LogP contribution >= 0.6 is 0 Å². The minimum absolute atomic E-state index is 0.0913. The Morgan fingerprint density at radius 1 is 1.03 bits per heavy atom. The smallest absolute Gasteiger partial charge is 0.225 e. The maximum atomic E-state index is 15.6. The van der Waals surface area contributed by atoms with E-state index in [1.807, 2.05) is 6.07 Å². The monoisotopic (exact) mass is 466 g/mol. The number of aromatic nitrogens is 1. The molecule has 0 aliphatic rings. The maximum Gasteiger partial charge on any atom is 0.225 e. The molecule has 0 amide bonds. The van der Waals surface area contributed by atoms with Gasteiger partial charge in [-0.1, -0.05) is 47.6 Å². The number of fused-ring (bicyclic) bond motifs is 1. The molecule has 0 saturated heterocycles. The molecule has 0 spiro atoms. The molecule has 33 heavy (non-hydrogen) atoms. The molecular formula is C27H32F2N2OSi. The largest absolute Gasteiger partial charge is 0.455 e. The van der Waals surface area contributed by atoms with Crippen LogP contribution in [0.15, 0.2) is 49.2 Å². The second kappa shape index (κ2) is 9.52. The first-order valence-electron chi connectivity index (χ1n) is 11.4. The summed E-state index contributed by atoms with van der Waals surface area (Å²) in [4.78, 5) is 3.17. The molecule has 6 heteroatoms. The third-order valence-corrected chi connectivity index (χ3v) is 13.6. The van der Waals surface area contributed by atoms with Crippen molar-refractivity contribution in [2.24, 2.45) is 0 Å². The molecule has 0 radical (unpaired) electrons. The van der Waals surface area contributed by atoms with Gasteiger partial charge in [0, 0.05) is 22.5 Å². The summed E-state index contributed by atoms with van der Waals surface area (Å²) in [5.74, 6) is -0.796. The predicted molar refractivity (Wildman–Crippen MR) is 135 cm³/mol. The average Bonchev–Trinajstić information content (AvgIpc) is 3.15. The van der Waals surface area contributed by atoms with Gasteiger partial charge in [-0.25, -0.2) is 13.6 Å². The molecule has 0 aliphatic heterocycles. The summed E-state index contributed by atoms with van der Waals surface area (Å²) in [6.45, 7) is 24.6. The molecule has 0 unspecified atom stereocenters. The number of allylic oxidation sites excluding steroid dienone is 1. The van der Waals surface area contributed by atoms with Crippen LogP contribution in [0.2, 0.25) is 16.6 Å². The van der Waals surface area contributed by atoms with Crippen LogP contribution in [0, 0.1) is 18.2 Å². The molecule has 0 atom stereocenters. The molecule has 1 heterocycles. The highest BCUT2D eigenvalue weighted by Gasteiger charge is 2.45. The van der Waals surface area contributed by atoms with Crippen molar-refractivity contribution in [1.29, 1.82) is 0 Å². The van der Waals surface area contributed by atoms with Crippen LogP contribution in [0.4, 0.5) is 14.5 Å². The second-order valence-corrected chi connectivity index (χ2v) is 15.2. The zero-order valence-electron chi connectivity index (χ0n) is 20.2. The van der Waals surface area contributed by atoms with Gasteiger partial charge in [-0.15, -0.1) is 6.58 Å². The lowest BCUT2D eigenvalue weighted by Crippen LogP contribution is -2.51. The van der Waals surface area contributed by atoms with Crippen LogP contribution in [0.5, 0.6) is 11.5 Å². The molecule has 2 aromatic carbocycles. The standard InChI is InChI=1S/C27H32F2N2OSi/c1-9-10-22-21-13-14-31(33(17(2)3,18(4)5)19(6)7)26(21)16-24(29)27(22)32-20-11-12-23(28)25(15-20)30-8/h9,11-19H,1,10H2,2-7H3. The van der Waals surface area contributed by atoms with Gasteiger partial charge >= 0.3 is 0 Å². The van der Waals surface area contributed by atoms with Crippen LogP contribution in [-0.4, -0.2) is 12.5 Å². The fourth-order valence-corrected chi connectivity index (χ4v) is 12.3. The molecular weight excluding hydrogens is 434 g/mol. The van der Waals surface area contributed by atoms with E-state index in [1.165, 1.54) is 12.1 Å². The van der Waals surface area contributed by atoms with Gasteiger partial charge in [-0.05, 0) is 53.5 Å². The average molecular weight is 467 g/mol. The Hall–Kier alpha value is -2.91. The van der Waals surface area contributed by atoms with E-state index >= 15 is 4.39 Å². The fraction of sp³-hybridized carbons (Fsp3) is 0.370. The Morgan fingerprint density at radius 3 is 2.21 bits per heavy atom. The minimum Gasteiger partial charge on any atom is -0.455 e. The summed E-state index contributed by atoms with van der Waals surface area (Å²) in [5, 5.41) is 0.928. The maximum absolute atomic E-state index is 15.6. The Labute approximate surface area is 196 Å². The highest BCUT2D eigenvalue weighted by Crippen LogP contribution is 2.46. The first kappa shape index (κ1) is 24.7. The second-order valence-electron chi connectivity index (χ2n) is 9.46. The summed E-state index contributed by atoms with van der Waals surface area (Å²) >= 11 is 0. The van der Waals surface area contributed by atoms with E-state index in [0.29, 0.717) is 28.6 Å². The van der Waals surface area contributed by atoms with E-state index < -0.39 is 19.9 Å². The minimum atomic E-state index is -2.09. The Morgan fingerprint density at radius 2 is 1.67 bits per heavy atom. The van der Waals surface area contributed by atoms with Crippen molar-refractivity contribution in [1.82, 2.24) is 4.23 Å². The fourth-order valence-electron chi connectivity index (χ4n) is 5.69. The number of halogens is 2. The number of hydrogen-bond donors (Lipinski definition) is 0. The number of benzene rings is 2. The third kappa shape index (κ3) is 4.11. The molecule has 3 aromatic rings. The van der Waals surface area contributed by atoms with E-state index in [0.717, 1.165) is 17.0 Å². The Balaban J connectivity index is 2.26. The normalized spacial score (nSPS) is 12.1. The van der Waals surface area contributed by atoms with E-state index in [4.69, 9.17) is 11.3 Å². The predicted octanol–water partition coefficient (Wildman–Crippen LogP) is 9.01. The molecule has 0 aliphatic carbocycles. The quantitative estimate of drug-likeness (QED) is 0.184. The van der Waals surface area contributed by atoms with Crippen molar-refractivity contribution in [3.8, 4) is 11.5 Å². The van der Waals surface area contributed by atoms with Crippen LogP contribution in [0.1, 0.15) is 47.1 Å². The molecule has 3 nitrogen and oxygen atoms in total. The highest BCUT2D eigenvalue weighted by atomic mass is 28.3. The van der Waals surface area contributed by atoms with E-state index in [9.17, 15) is 4.39 Å². The zero-order chi connectivity index (χ0) is 24.5. The molecule has 3 rings (SSSR count). The van der Waals surface area contributed by atoms with E-state index in [1.54, 1.807) is 12.1 Å². The molecule has 174 valence electrons. The van der Waals surface area contributed by atoms with Gasteiger partial charge in [0.15, 0.2) is 19.8 Å². The van der Waals surface area contributed by atoms with Gasteiger partial charge in [0.2, 0.25) is 5.69 Å². The van der Waals surface area contributed by atoms with Crippen molar-refractivity contribution in [2.45, 2.75) is 64.6 Å². The first-order chi connectivity index (χ1) is 15.6. The van der Waals surface area contributed by atoms with Gasteiger partial charge < -0.3 is 8.97 Å². The topological polar surface area (TPSA) is 18.5 Å². The molecule has 0 fully saturated rings. The zero-order valence-corrected chi connectivity index (χ0v) is 21.2. The molecule has 1 aromatic heterocycles. The van der Waals surface area contributed by atoms with E-state index in [-0.39, 0.29) is 17.2 Å². The summed E-state index contributed by atoms with van der Waals surface area (Å²) < 4.78 is 37.6. The lowest BCUT2D eigenvalue weighted by atomic mass is 10.1. The summed E-state index contributed by atoms with van der Waals surface area (Å²) in [7, 11) is -2.09. The van der Waals surface area contributed by atoms with Gasteiger partial charge in [0.05, 0.1) is 6.57 Å². The highest BCUT2D eigenvalue weighted by molar-refractivity contribution is 6.82. The van der Waals surface area contributed by atoms with Gasteiger partial charge in [0.25, 0.3) is 0 Å². The lowest BCUT2D eigenvalue weighted by Gasteiger charge is -2.44. The van der Waals surface area contributed by atoms with Crippen LogP contribution in [-0.2, 0) is 6.42 Å². The number of nitrogens with zero attached hydrogens (tertiary/aromatic N) is 2. The number of rotatable bonds is 8. The van der Waals surface area contributed by atoms with Crippen molar-refractivity contribution >= 4 is 24.8 Å². The van der Waals surface area contributed by atoms with Crippen LogP contribution in [0.25, 0.3) is 15.7 Å².